The Labute approximate surface area is 173 Å². The van der Waals surface area contributed by atoms with Crippen molar-refractivity contribution in [2.75, 3.05) is 6.61 Å². The van der Waals surface area contributed by atoms with Crippen LogP contribution in [0.15, 0.2) is 48.5 Å². The molecule has 0 saturated heterocycles. The molecule has 5 heteroatoms. The molecule has 1 amide bonds. The lowest BCUT2D eigenvalue weighted by Gasteiger charge is -2.15. The Kier molecular flexibility index (Phi) is 6.91. The second-order valence-corrected chi connectivity index (χ2v) is 7.94. The number of rotatable bonds is 9. The molecule has 0 aliphatic heterocycles. The van der Waals surface area contributed by atoms with Gasteiger partial charge in [-0.15, -0.1) is 0 Å². The van der Waals surface area contributed by atoms with Crippen molar-refractivity contribution in [2.45, 2.75) is 53.1 Å². The normalized spacial score (nSPS) is 11.4. The van der Waals surface area contributed by atoms with Crippen LogP contribution < -0.4 is 10.1 Å². The number of hydrogen-bond acceptors (Lipinski definition) is 3. The van der Waals surface area contributed by atoms with Crippen molar-refractivity contribution in [3.8, 4) is 5.75 Å². The molecule has 3 aromatic rings. The Morgan fingerprint density at radius 1 is 1.07 bits per heavy atom. The standard InChI is InChI=1S/C24H31N3O2/c1-17(2)19-10-5-8-13-22(19)29-15-9-14-27-21-12-7-6-11-20(21)26-23(27)16-25-24(28)18(3)4/h5-8,10-13,17-18H,9,14-16H2,1-4H3,(H,25,28). The van der Waals surface area contributed by atoms with Gasteiger partial charge in [0.1, 0.15) is 11.6 Å². The van der Waals surface area contributed by atoms with Crippen molar-refractivity contribution < 1.29 is 9.53 Å². The maximum Gasteiger partial charge on any atom is 0.222 e. The largest absolute Gasteiger partial charge is 0.493 e. The predicted molar refractivity (Wildman–Crippen MR) is 117 cm³/mol. The van der Waals surface area contributed by atoms with E-state index in [9.17, 15) is 4.79 Å². The second kappa shape index (κ2) is 9.59. The van der Waals surface area contributed by atoms with Gasteiger partial charge in [-0.05, 0) is 36.1 Å². The van der Waals surface area contributed by atoms with Crippen molar-refractivity contribution in [3.63, 3.8) is 0 Å². The molecule has 2 aromatic carbocycles. The predicted octanol–water partition coefficient (Wildman–Crippen LogP) is 4.90. The SMILES string of the molecule is CC(C)C(=O)NCc1nc2ccccc2n1CCCOc1ccccc1C(C)C. The van der Waals surface area contributed by atoms with Gasteiger partial charge in [-0.1, -0.05) is 58.0 Å². The zero-order valence-electron chi connectivity index (χ0n) is 17.8. The summed E-state index contributed by atoms with van der Waals surface area (Å²) in [5.41, 5.74) is 3.27. The van der Waals surface area contributed by atoms with E-state index in [1.165, 1.54) is 5.56 Å². The van der Waals surface area contributed by atoms with Gasteiger partial charge >= 0.3 is 0 Å². The van der Waals surface area contributed by atoms with Gasteiger partial charge in [0.15, 0.2) is 0 Å². The van der Waals surface area contributed by atoms with Crippen LogP contribution in [0.5, 0.6) is 5.75 Å². The number of fused-ring (bicyclic) bond motifs is 1. The van der Waals surface area contributed by atoms with Gasteiger partial charge in [0.25, 0.3) is 0 Å². The summed E-state index contributed by atoms with van der Waals surface area (Å²) in [7, 11) is 0. The molecule has 5 nitrogen and oxygen atoms in total. The first-order valence-electron chi connectivity index (χ1n) is 10.4. The van der Waals surface area contributed by atoms with Crippen LogP contribution in [-0.4, -0.2) is 22.1 Å². The van der Waals surface area contributed by atoms with Crippen LogP contribution in [0.3, 0.4) is 0 Å². The van der Waals surface area contributed by atoms with Crippen LogP contribution in [-0.2, 0) is 17.9 Å². The first-order chi connectivity index (χ1) is 14.0. The van der Waals surface area contributed by atoms with Crippen LogP contribution >= 0.6 is 0 Å². The van der Waals surface area contributed by atoms with E-state index in [1.54, 1.807) is 0 Å². The van der Waals surface area contributed by atoms with Crippen molar-refractivity contribution in [3.05, 3.63) is 59.9 Å². The van der Waals surface area contributed by atoms with Gasteiger partial charge < -0.3 is 14.6 Å². The number of nitrogens with one attached hydrogen (secondary N) is 1. The summed E-state index contributed by atoms with van der Waals surface area (Å²) in [5.74, 6) is 2.27. The Hall–Kier alpha value is -2.82. The number of carbonyl (C=O) groups is 1. The summed E-state index contributed by atoms with van der Waals surface area (Å²) in [4.78, 5) is 16.7. The highest BCUT2D eigenvalue weighted by Crippen LogP contribution is 2.26. The Morgan fingerprint density at radius 2 is 1.79 bits per heavy atom. The highest BCUT2D eigenvalue weighted by molar-refractivity contribution is 5.78. The number of aryl methyl sites for hydroxylation is 1. The fourth-order valence-corrected chi connectivity index (χ4v) is 3.37. The third-order valence-electron chi connectivity index (χ3n) is 5.00. The van der Waals surface area contributed by atoms with Crippen LogP contribution in [0, 0.1) is 5.92 Å². The van der Waals surface area contributed by atoms with E-state index in [2.05, 4.69) is 41.9 Å². The van der Waals surface area contributed by atoms with Gasteiger partial charge in [0.05, 0.1) is 24.2 Å². The van der Waals surface area contributed by atoms with Crippen LogP contribution in [0.1, 0.15) is 51.4 Å². The highest BCUT2D eigenvalue weighted by Gasteiger charge is 2.13. The van der Waals surface area contributed by atoms with Gasteiger partial charge in [-0.3, -0.25) is 4.79 Å². The fourth-order valence-electron chi connectivity index (χ4n) is 3.37. The van der Waals surface area contributed by atoms with Gasteiger partial charge in [0.2, 0.25) is 5.91 Å². The van der Waals surface area contributed by atoms with Gasteiger partial charge in [-0.2, -0.15) is 0 Å². The Morgan fingerprint density at radius 3 is 2.55 bits per heavy atom. The molecule has 154 valence electrons. The molecular formula is C24H31N3O2. The first-order valence-corrected chi connectivity index (χ1v) is 10.4. The number of benzene rings is 2. The van der Waals surface area contributed by atoms with Crippen molar-refractivity contribution in [1.82, 2.24) is 14.9 Å². The zero-order chi connectivity index (χ0) is 20.8. The highest BCUT2D eigenvalue weighted by atomic mass is 16.5. The molecule has 0 fully saturated rings. The molecule has 0 saturated carbocycles. The third-order valence-corrected chi connectivity index (χ3v) is 5.00. The molecule has 1 N–H and O–H groups in total. The number of ether oxygens (including phenoxy) is 1. The Balaban J connectivity index is 1.67. The number of carbonyl (C=O) groups excluding carboxylic acids is 1. The van der Waals surface area contributed by atoms with Crippen molar-refractivity contribution in [1.29, 1.82) is 0 Å². The maximum atomic E-state index is 12.0. The monoisotopic (exact) mass is 393 g/mol. The summed E-state index contributed by atoms with van der Waals surface area (Å²) in [5, 5.41) is 2.98. The molecule has 0 radical (unpaired) electrons. The minimum absolute atomic E-state index is 0.0391. The van der Waals surface area contributed by atoms with E-state index in [4.69, 9.17) is 9.72 Å². The lowest BCUT2D eigenvalue weighted by molar-refractivity contribution is -0.124. The number of para-hydroxylation sites is 3. The quantitative estimate of drug-likeness (QED) is 0.526. The molecule has 0 aliphatic carbocycles. The van der Waals surface area contributed by atoms with E-state index < -0.39 is 0 Å². The number of aromatic nitrogens is 2. The molecular weight excluding hydrogens is 362 g/mol. The molecule has 0 atom stereocenters. The molecule has 0 bridgehead atoms. The molecule has 0 unspecified atom stereocenters. The second-order valence-electron chi connectivity index (χ2n) is 7.94. The number of hydrogen-bond donors (Lipinski definition) is 1. The fraction of sp³-hybridized carbons (Fsp3) is 0.417. The number of imidazole rings is 1. The van der Waals surface area contributed by atoms with Crippen LogP contribution in [0.2, 0.25) is 0 Å². The van der Waals surface area contributed by atoms with E-state index >= 15 is 0 Å². The number of nitrogens with zero attached hydrogens (tertiary/aromatic N) is 2. The summed E-state index contributed by atoms with van der Waals surface area (Å²) in [6, 6.07) is 16.3. The van der Waals surface area contributed by atoms with E-state index in [-0.39, 0.29) is 11.8 Å². The molecule has 1 aromatic heterocycles. The van der Waals surface area contributed by atoms with E-state index in [0.29, 0.717) is 19.1 Å². The maximum absolute atomic E-state index is 12.0. The minimum Gasteiger partial charge on any atom is -0.493 e. The summed E-state index contributed by atoms with van der Waals surface area (Å²) < 4.78 is 8.26. The molecule has 0 aliphatic rings. The molecule has 29 heavy (non-hydrogen) atoms. The third kappa shape index (κ3) is 5.17. The van der Waals surface area contributed by atoms with Crippen LogP contribution in [0.25, 0.3) is 11.0 Å². The molecule has 0 spiro atoms. The molecule has 3 rings (SSSR count). The minimum atomic E-state index is -0.0396. The average molecular weight is 394 g/mol. The lowest BCUT2D eigenvalue weighted by atomic mass is 10.0. The van der Waals surface area contributed by atoms with E-state index in [1.807, 2.05) is 44.2 Å². The summed E-state index contributed by atoms with van der Waals surface area (Å²) in [6.07, 6.45) is 0.859. The molecule has 1 heterocycles. The van der Waals surface area contributed by atoms with E-state index in [0.717, 1.165) is 35.6 Å². The average Bonchev–Trinajstić information content (AvgIpc) is 3.07. The topological polar surface area (TPSA) is 56.2 Å². The lowest BCUT2D eigenvalue weighted by Crippen LogP contribution is -2.28. The van der Waals surface area contributed by atoms with Gasteiger partial charge in [-0.25, -0.2) is 4.98 Å². The van der Waals surface area contributed by atoms with Crippen molar-refractivity contribution in [2.24, 2.45) is 5.92 Å². The van der Waals surface area contributed by atoms with Gasteiger partial charge in [0, 0.05) is 12.5 Å². The summed E-state index contributed by atoms with van der Waals surface area (Å²) in [6.45, 7) is 10.00. The zero-order valence-corrected chi connectivity index (χ0v) is 17.8. The smallest absolute Gasteiger partial charge is 0.222 e. The van der Waals surface area contributed by atoms with Crippen LogP contribution in [0.4, 0.5) is 0 Å². The van der Waals surface area contributed by atoms with Crippen molar-refractivity contribution >= 4 is 16.9 Å². The summed E-state index contributed by atoms with van der Waals surface area (Å²) >= 11 is 0. The first kappa shape index (κ1) is 20.9. The Bertz CT molecular complexity index is 960. The number of amides is 1.